The summed E-state index contributed by atoms with van der Waals surface area (Å²) >= 11 is 0. The van der Waals surface area contributed by atoms with Crippen LogP contribution in [0, 0.1) is 0 Å². The van der Waals surface area contributed by atoms with E-state index in [1.807, 2.05) is 0 Å². The van der Waals surface area contributed by atoms with E-state index >= 15 is 0 Å². The van der Waals surface area contributed by atoms with Crippen LogP contribution in [0.2, 0.25) is 0 Å². The van der Waals surface area contributed by atoms with Crippen molar-refractivity contribution in [2.75, 3.05) is 19.8 Å². The number of pyridine rings is 1. The van der Waals surface area contributed by atoms with Gasteiger partial charge in [-0.05, 0) is 19.9 Å². The molecule has 0 radical (unpaired) electrons. The number of rotatable bonds is 5. The van der Waals surface area contributed by atoms with Gasteiger partial charge in [-0.3, -0.25) is 4.79 Å². The molecule has 2 N–H and O–H groups in total. The molecule has 2 rings (SSSR count). The summed E-state index contributed by atoms with van der Waals surface area (Å²) in [5.74, 6) is 0.185. The van der Waals surface area contributed by atoms with E-state index in [-0.39, 0.29) is 18.6 Å². The van der Waals surface area contributed by atoms with Gasteiger partial charge in [0.1, 0.15) is 6.10 Å². The highest BCUT2D eigenvalue weighted by molar-refractivity contribution is 5.94. The van der Waals surface area contributed by atoms with E-state index in [2.05, 4.69) is 10.3 Å². The molecule has 1 saturated heterocycles. The summed E-state index contributed by atoms with van der Waals surface area (Å²) < 4.78 is 11.1. The van der Waals surface area contributed by atoms with Crippen LogP contribution >= 0.6 is 0 Å². The second-order valence-corrected chi connectivity index (χ2v) is 5.81. The molecule has 1 aromatic rings. The molecule has 2 heterocycles. The number of nitrogens with zero attached hydrogens (tertiary/aromatic N) is 1. The Kier molecular flexibility index (Phi) is 5.14. The van der Waals surface area contributed by atoms with Crippen molar-refractivity contribution in [3.63, 3.8) is 0 Å². The predicted molar refractivity (Wildman–Crippen MR) is 77.3 cm³/mol. The van der Waals surface area contributed by atoms with Crippen LogP contribution in [0.5, 0.6) is 5.88 Å². The predicted octanol–water partition coefficient (Wildman–Crippen LogP) is 1.14. The molecule has 0 spiro atoms. The fraction of sp³-hybridized carbons (Fsp3) is 0.600. The third kappa shape index (κ3) is 4.68. The van der Waals surface area contributed by atoms with E-state index in [1.54, 1.807) is 32.2 Å². The van der Waals surface area contributed by atoms with Crippen LogP contribution < -0.4 is 10.1 Å². The van der Waals surface area contributed by atoms with Crippen LogP contribution in [0.3, 0.4) is 0 Å². The monoisotopic (exact) mass is 294 g/mol. The van der Waals surface area contributed by atoms with Crippen molar-refractivity contribution >= 4 is 5.91 Å². The van der Waals surface area contributed by atoms with Gasteiger partial charge < -0.3 is 19.9 Å². The van der Waals surface area contributed by atoms with Gasteiger partial charge >= 0.3 is 0 Å². The number of hydrogen-bond donors (Lipinski definition) is 2. The van der Waals surface area contributed by atoms with Crippen molar-refractivity contribution in [2.45, 2.75) is 38.3 Å². The highest BCUT2D eigenvalue weighted by Crippen LogP contribution is 2.17. The van der Waals surface area contributed by atoms with Crippen LogP contribution in [0.4, 0.5) is 0 Å². The molecular formula is C15H22N2O4. The van der Waals surface area contributed by atoms with Gasteiger partial charge in [0.05, 0.1) is 25.4 Å². The number of aliphatic hydroxyl groups excluding tert-OH is 1. The lowest BCUT2D eigenvalue weighted by atomic mass is 10.1. The van der Waals surface area contributed by atoms with E-state index in [9.17, 15) is 9.90 Å². The minimum atomic E-state index is -0.665. The standard InChI is InChI=1S/C15H22N2O4/c1-15(2,10-18)17-14(19)11-3-6-16-13(9-11)21-12-4-7-20-8-5-12/h3,6,9,12,18H,4-5,7-8,10H2,1-2H3,(H,17,19). The number of ether oxygens (including phenoxy) is 2. The Bertz CT molecular complexity index is 484. The Hall–Kier alpha value is -1.66. The van der Waals surface area contributed by atoms with Gasteiger partial charge in [0.15, 0.2) is 0 Å². The highest BCUT2D eigenvalue weighted by Gasteiger charge is 2.21. The van der Waals surface area contributed by atoms with Crippen molar-refractivity contribution < 1.29 is 19.4 Å². The summed E-state index contributed by atoms with van der Waals surface area (Å²) in [5, 5.41) is 12.0. The van der Waals surface area contributed by atoms with Crippen molar-refractivity contribution in [2.24, 2.45) is 0 Å². The average Bonchev–Trinajstić information content (AvgIpc) is 2.48. The largest absolute Gasteiger partial charge is 0.474 e. The highest BCUT2D eigenvalue weighted by atomic mass is 16.5. The lowest BCUT2D eigenvalue weighted by Crippen LogP contribution is -2.46. The van der Waals surface area contributed by atoms with Gasteiger partial charge in [-0.15, -0.1) is 0 Å². The molecule has 0 unspecified atom stereocenters. The second-order valence-electron chi connectivity index (χ2n) is 5.81. The average molecular weight is 294 g/mol. The first-order valence-corrected chi connectivity index (χ1v) is 7.14. The number of aliphatic hydroxyl groups is 1. The van der Waals surface area contributed by atoms with Crippen molar-refractivity contribution in [1.82, 2.24) is 10.3 Å². The first-order valence-electron chi connectivity index (χ1n) is 7.14. The molecule has 0 aliphatic carbocycles. The molecule has 0 atom stereocenters. The van der Waals surface area contributed by atoms with Gasteiger partial charge in [-0.25, -0.2) is 4.98 Å². The van der Waals surface area contributed by atoms with Crippen molar-refractivity contribution in [1.29, 1.82) is 0 Å². The third-order valence-electron chi connectivity index (χ3n) is 3.30. The fourth-order valence-electron chi connectivity index (χ4n) is 2.00. The van der Waals surface area contributed by atoms with Crippen molar-refractivity contribution in [3.05, 3.63) is 23.9 Å². The Morgan fingerprint density at radius 3 is 2.90 bits per heavy atom. The molecule has 116 valence electrons. The van der Waals surface area contributed by atoms with Gasteiger partial charge in [-0.1, -0.05) is 0 Å². The summed E-state index contributed by atoms with van der Waals surface area (Å²) in [5.41, 5.74) is -0.198. The van der Waals surface area contributed by atoms with E-state index in [0.29, 0.717) is 24.7 Å². The number of carbonyl (C=O) groups excluding carboxylic acids is 1. The molecule has 6 heteroatoms. The van der Waals surface area contributed by atoms with Crippen LogP contribution in [-0.2, 0) is 4.74 Å². The number of nitrogens with one attached hydrogen (secondary N) is 1. The van der Waals surface area contributed by atoms with Crippen LogP contribution in [-0.4, -0.2) is 47.5 Å². The Morgan fingerprint density at radius 2 is 2.24 bits per heavy atom. The van der Waals surface area contributed by atoms with E-state index in [0.717, 1.165) is 12.8 Å². The first kappa shape index (κ1) is 15.7. The molecule has 0 saturated carbocycles. The number of hydrogen-bond acceptors (Lipinski definition) is 5. The lowest BCUT2D eigenvalue weighted by Gasteiger charge is -2.24. The van der Waals surface area contributed by atoms with Crippen molar-refractivity contribution in [3.8, 4) is 5.88 Å². The molecule has 1 aromatic heterocycles. The summed E-state index contributed by atoms with van der Waals surface area (Å²) in [6.45, 7) is 4.76. The summed E-state index contributed by atoms with van der Waals surface area (Å²) in [4.78, 5) is 16.3. The van der Waals surface area contributed by atoms with Crippen LogP contribution in [0.25, 0.3) is 0 Å². The fourth-order valence-corrected chi connectivity index (χ4v) is 2.00. The molecule has 1 aliphatic heterocycles. The lowest BCUT2D eigenvalue weighted by molar-refractivity contribution is 0.0237. The maximum Gasteiger partial charge on any atom is 0.252 e. The molecular weight excluding hydrogens is 272 g/mol. The quantitative estimate of drug-likeness (QED) is 0.851. The maximum atomic E-state index is 12.1. The zero-order valence-corrected chi connectivity index (χ0v) is 12.5. The van der Waals surface area contributed by atoms with E-state index < -0.39 is 5.54 Å². The second kappa shape index (κ2) is 6.87. The Labute approximate surface area is 124 Å². The number of carbonyl (C=O) groups is 1. The molecule has 1 fully saturated rings. The van der Waals surface area contributed by atoms with Gasteiger partial charge in [0.2, 0.25) is 5.88 Å². The van der Waals surface area contributed by atoms with E-state index in [4.69, 9.17) is 9.47 Å². The number of amides is 1. The van der Waals surface area contributed by atoms with Gasteiger partial charge in [0, 0.05) is 30.7 Å². The topological polar surface area (TPSA) is 80.7 Å². The zero-order chi connectivity index (χ0) is 15.3. The summed E-state index contributed by atoms with van der Waals surface area (Å²) in [6, 6.07) is 3.25. The minimum absolute atomic E-state index is 0.0819. The van der Waals surface area contributed by atoms with Crippen LogP contribution in [0.1, 0.15) is 37.0 Å². The third-order valence-corrected chi connectivity index (χ3v) is 3.30. The minimum Gasteiger partial charge on any atom is -0.474 e. The molecule has 1 amide bonds. The van der Waals surface area contributed by atoms with Gasteiger partial charge in [0.25, 0.3) is 5.91 Å². The number of aromatic nitrogens is 1. The smallest absolute Gasteiger partial charge is 0.252 e. The molecule has 0 aromatic carbocycles. The van der Waals surface area contributed by atoms with E-state index in [1.165, 1.54) is 0 Å². The summed E-state index contributed by atoms with van der Waals surface area (Å²) in [7, 11) is 0. The first-order chi connectivity index (χ1) is 10.00. The molecule has 0 bridgehead atoms. The SMILES string of the molecule is CC(C)(CO)NC(=O)c1ccnc(OC2CCOCC2)c1. The van der Waals surface area contributed by atoms with Gasteiger partial charge in [-0.2, -0.15) is 0 Å². The normalized spacial score (nSPS) is 16.5. The molecule has 21 heavy (non-hydrogen) atoms. The Balaban J connectivity index is 2.01. The summed E-state index contributed by atoms with van der Waals surface area (Å²) in [6.07, 6.45) is 3.29. The molecule has 1 aliphatic rings. The molecule has 6 nitrogen and oxygen atoms in total. The maximum absolute atomic E-state index is 12.1. The zero-order valence-electron chi connectivity index (χ0n) is 12.5. The van der Waals surface area contributed by atoms with Crippen LogP contribution in [0.15, 0.2) is 18.3 Å². The Morgan fingerprint density at radius 1 is 1.52 bits per heavy atom.